The highest BCUT2D eigenvalue weighted by Crippen LogP contribution is 2.24. The van der Waals surface area contributed by atoms with Gasteiger partial charge in [0.05, 0.1) is 11.4 Å². The van der Waals surface area contributed by atoms with Gasteiger partial charge in [0, 0.05) is 5.39 Å². The Morgan fingerprint density at radius 2 is 2.00 bits per heavy atom. The Morgan fingerprint density at radius 1 is 1.25 bits per heavy atom. The summed E-state index contributed by atoms with van der Waals surface area (Å²) in [5.74, 6) is 0.451. The molecule has 2 heteroatoms. The highest BCUT2D eigenvalue weighted by Gasteiger charge is 2.07. The van der Waals surface area contributed by atoms with Crippen LogP contribution in [0.15, 0.2) is 34.4 Å². The SMILES string of the molecule is CC(C)c1nc(/C=C/I)cc2ccccc12. The minimum absolute atomic E-state index is 0.451. The average Bonchev–Trinajstić information content (AvgIpc) is 2.28. The normalized spacial score (nSPS) is 11.8. The Labute approximate surface area is 110 Å². The largest absolute Gasteiger partial charge is 0.253 e. The molecule has 0 spiro atoms. The van der Waals surface area contributed by atoms with Gasteiger partial charge in [-0.25, -0.2) is 0 Å². The minimum atomic E-state index is 0.451. The van der Waals surface area contributed by atoms with Crippen molar-refractivity contribution in [3.63, 3.8) is 0 Å². The van der Waals surface area contributed by atoms with Gasteiger partial charge < -0.3 is 0 Å². The number of hydrogen-bond acceptors (Lipinski definition) is 1. The molecule has 0 bridgehead atoms. The van der Waals surface area contributed by atoms with Crippen molar-refractivity contribution in [3.05, 3.63) is 45.8 Å². The van der Waals surface area contributed by atoms with E-state index in [-0.39, 0.29) is 0 Å². The summed E-state index contributed by atoms with van der Waals surface area (Å²) < 4.78 is 2.00. The van der Waals surface area contributed by atoms with Gasteiger partial charge in [0.1, 0.15) is 0 Å². The molecule has 1 nitrogen and oxygen atoms in total. The fourth-order valence-electron chi connectivity index (χ4n) is 1.84. The summed E-state index contributed by atoms with van der Waals surface area (Å²) in [4.78, 5) is 4.70. The van der Waals surface area contributed by atoms with Gasteiger partial charge in [0.25, 0.3) is 0 Å². The van der Waals surface area contributed by atoms with E-state index in [1.807, 2.05) is 10.2 Å². The maximum absolute atomic E-state index is 4.70. The Kier molecular flexibility index (Phi) is 3.59. The summed E-state index contributed by atoms with van der Waals surface area (Å²) in [5.41, 5.74) is 2.22. The van der Waals surface area contributed by atoms with Gasteiger partial charge in [0.2, 0.25) is 0 Å². The zero-order valence-electron chi connectivity index (χ0n) is 9.44. The molecule has 82 valence electrons. The van der Waals surface area contributed by atoms with E-state index < -0.39 is 0 Å². The Morgan fingerprint density at radius 3 is 2.69 bits per heavy atom. The van der Waals surface area contributed by atoms with Crippen molar-refractivity contribution in [1.29, 1.82) is 0 Å². The van der Waals surface area contributed by atoms with Crippen LogP contribution in [0.1, 0.15) is 31.2 Å². The number of benzene rings is 1. The Balaban J connectivity index is 2.73. The van der Waals surface area contributed by atoms with Crippen LogP contribution in [0.3, 0.4) is 0 Å². The van der Waals surface area contributed by atoms with Crippen LogP contribution >= 0.6 is 22.6 Å². The molecule has 1 heterocycles. The van der Waals surface area contributed by atoms with Gasteiger partial charge in [-0.05, 0) is 27.5 Å². The van der Waals surface area contributed by atoms with Crippen LogP contribution in [0, 0.1) is 0 Å². The standard InChI is InChI=1S/C14H14IN/c1-10(2)14-13-6-4-3-5-11(13)9-12(16-14)7-8-15/h3-10H,1-2H3/b8-7+. The van der Waals surface area contributed by atoms with Crippen molar-refractivity contribution in [1.82, 2.24) is 4.98 Å². The molecule has 0 aliphatic heterocycles. The first kappa shape index (κ1) is 11.6. The summed E-state index contributed by atoms with van der Waals surface area (Å²) in [6, 6.07) is 10.6. The van der Waals surface area contributed by atoms with Crippen molar-refractivity contribution >= 4 is 39.4 Å². The maximum Gasteiger partial charge on any atom is 0.0644 e. The second-order valence-corrected chi connectivity index (χ2v) is 4.82. The van der Waals surface area contributed by atoms with Crippen LogP contribution in [-0.2, 0) is 0 Å². The van der Waals surface area contributed by atoms with Gasteiger partial charge in [-0.15, -0.1) is 0 Å². The van der Waals surface area contributed by atoms with Crippen LogP contribution in [0.2, 0.25) is 0 Å². The predicted molar refractivity (Wildman–Crippen MR) is 78.9 cm³/mol. The van der Waals surface area contributed by atoms with Crippen molar-refractivity contribution < 1.29 is 0 Å². The third-order valence-electron chi connectivity index (χ3n) is 2.57. The highest BCUT2D eigenvalue weighted by atomic mass is 127. The topological polar surface area (TPSA) is 12.9 Å². The van der Waals surface area contributed by atoms with Gasteiger partial charge >= 0.3 is 0 Å². The second-order valence-electron chi connectivity index (χ2n) is 4.10. The van der Waals surface area contributed by atoms with E-state index in [9.17, 15) is 0 Å². The molecule has 0 unspecified atom stereocenters. The second kappa shape index (κ2) is 4.95. The molecule has 0 N–H and O–H groups in total. The molecule has 1 aromatic heterocycles. The lowest BCUT2D eigenvalue weighted by Crippen LogP contribution is -1.96. The summed E-state index contributed by atoms with van der Waals surface area (Å²) in [5, 5.41) is 2.54. The van der Waals surface area contributed by atoms with Crippen molar-refractivity contribution in [2.75, 3.05) is 0 Å². The Hall–Kier alpha value is -0.900. The lowest BCUT2D eigenvalue weighted by molar-refractivity contribution is 0.833. The number of pyridine rings is 1. The smallest absolute Gasteiger partial charge is 0.0644 e. The first-order valence-corrected chi connectivity index (χ1v) is 6.63. The molecular weight excluding hydrogens is 309 g/mol. The molecule has 0 amide bonds. The number of fused-ring (bicyclic) bond motifs is 1. The minimum Gasteiger partial charge on any atom is -0.253 e. The fraction of sp³-hybridized carbons (Fsp3) is 0.214. The number of nitrogens with zero attached hydrogens (tertiary/aromatic N) is 1. The zero-order valence-corrected chi connectivity index (χ0v) is 11.6. The predicted octanol–water partition coefficient (Wildman–Crippen LogP) is 4.76. The third kappa shape index (κ3) is 2.26. The summed E-state index contributed by atoms with van der Waals surface area (Å²) in [7, 11) is 0. The lowest BCUT2D eigenvalue weighted by atomic mass is 10.0. The fourth-order valence-corrected chi connectivity index (χ4v) is 2.21. The van der Waals surface area contributed by atoms with Crippen LogP contribution < -0.4 is 0 Å². The summed E-state index contributed by atoms with van der Waals surface area (Å²) in [6.07, 6.45) is 2.04. The molecule has 2 rings (SSSR count). The molecule has 0 aliphatic carbocycles. The van der Waals surface area contributed by atoms with E-state index in [2.05, 4.69) is 66.8 Å². The molecule has 1 aromatic carbocycles. The molecule has 2 aromatic rings. The van der Waals surface area contributed by atoms with E-state index in [0.29, 0.717) is 5.92 Å². The van der Waals surface area contributed by atoms with Crippen molar-refractivity contribution in [2.24, 2.45) is 0 Å². The number of hydrogen-bond donors (Lipinski definition) is 0. The van der Waals surface area contributed by atoms with Crippen LogP contribution in [0.5, 0.6) is 0 Å². The average molecular weight is 323 g/mol. The number of rotatable bonds is 2. The first-order valence-electron chi connectivity index (χ1n) is 5.39. The Bertz CT molecular complexity index is 529. The van der Waals surface area contributed by atoms with E-state index >= 15 is 0 Å². The molecule has 0 saturated heterocycles. The molecular formula is C14H14IN. The highest BCUT2D eigenvalue weighted by molar-refractivity contribution is 14.1. The van der Waals surface area contributed by atoms with Gasteiger partial charge in [-0.1, -0.05) is 60.7 Å². The van der Waals surface area contributed by atoms with E-state index in [1.54, 1.807) is 0 Å². The van der Waals surface area contributed by atoms with Crippen LogP contribution in [0.4, 0.5) is 0 Å². The first-order chi connectivity index (χ1) is 7.72. The third-order valence-corrected chi connectivity index (χ3v) is 2.93. The van der Waals surface area contributed by atoms with Gasteiger partial charge in [0.15, 0.2) is 0 Å². The van der Waals surface area contributed by atoms with E-state index in [4.69, 9.17) is 4.98 Å². The van der Waals surface area contributed by atoms with Gasteiger partial charge in [-0.2, -0.15) is 0 Å². The maximum atomic E-state index is 4.70. The van der Waals surface area contributed by atoms with Gasteiger partial charge in [-0.3, -0.25) is 4.98 Å². The lowest BCUT2D eigenvalue weighted by Gasteiger charge is -2.10. The summed E-state index contributed by atoms with van der Waals surface area (Å²) >= 11 is 2.22. The molecule has 0 fully saturated rings. The van der Waals surface area contributed by atoms with Crippen molar-refractivity contribution in [3.8, 4) is 0 Å². The monoisotopic (exact) mass is 323 g/mol. The molecule has 0 saturated carbocycles. The van der Waals surface area contributed by atoms with Crippen LogP contribution in [-0.4, -0.2) is 4.98 Å². The molecule has 16 heavy (non-hydrogen) atoms. The quantitative estimate of drug-likeness (QED) is 0.726. The number of aromatic nitrogens is 1. The summed E-state index contributed by atoms with van der Waals surface area (Å²) in [6.45, 7) is 4.37. The zero-order chi connectivity index (χ0) is 11.5. The molecule has 0 atom stereocenters. The van der Waals surface area contributed by atoms with E-state index in [1.165, 1.54) is 16.5 Å². The molecule has 0 radical (unpaired) electrons. The van der Waals surface area contributed by atoms with Crippen molar-refractivity contribution in [2.45, 2.75) is 19.8 Å². The molecule has 0 aliphatic rings. The number of halogens is 1. The van der Waals surface area contributed by atoms with Crippen LogP contribution in [0.25, 0.3) is 16.8 Å². The van der Waals surface area contributed by atoms with E-state index in [0.717, 1.165) is 5.69 Å².